The van der Waals surface area contributed by atoms with Crippen LogP contribution >= 0.6 is 0 Å². The van der Waals surface area contributed by atoms with Gasteiger partial charge in [0.25, 0.3) is 11.8 Å². The summed E-state index contributed by atoms with van der Waals surface area (Å²) in [7, 11) is 1.57. The number of anilines is 1. The smallest absolute Gasteiger partial charge is 0.272 e. The van der Waals surface area contributed by atoms with Gasteiger partial charge >= 0.3 is 0 Å². The summed E-state index contributed by atoms with van der Waals surface area (Å²) < 4.78 is 10.4. The van der Waals surface area contributed by atoms with Crippen LogP contribution in [0.2, 0.25) is 0 Å². The van der Waals surface area contributed by atoms with Gasteiger partial charge in [-0.25, -0.2) is 0 Å². The third-order valence-electron chi connectivity index (χ3n) is 5.33. The number of ketones is 1. The monoisotopic (exact) mass is 492 g/mol. The minimum atomic E-state index is -0.517. The Morgan fingerprint density at radius 2 is 1.54 bits per heavy atom. The Labute approximate surface area is 214 Å². The predicted molar refractivity (Wildman–Crippen MR) is 142 cm³/mol. The molecule has 2 amide bonds. The summed E-state index contributed by atoms with van der Waals surface area (Å²) >= 11 is 0. The van der Waals surface area contributed by atoms with Crippen molar-refractivity contribution in [2.24, 2.45) is 0 Å². The molecule has 1 aromatic heterocycles. The van der Waals surface area contributed by atoms with Gasteiger partial charge in [-0.1, -0.05) is 30.3 Å². The lowest BCUT2D eigenvalue weighted by molar-refractivity contribution is -0.113. The maximum absolute atomic E-state index is 13.2. The van der Waals surface area contributed by atoms with Crippen LogP contribution in [0.5, 0.6) is 5.75 Å². The summed E-state index contributed by atoms with van der Waals surface area (Å²) in [5.74, 6) is 0.109. The molecule has 0 saturated carbocycles. The molecule has 7 heteroatoms. The number of carbonyl (C=O) groups is 3. The maximum atomic E-state index is 13.2. The van der Waals surface area contributed by atoms with Crippen LogP contribution < -0.4 is 15.4 Å². The van der Waals surface area contributed by atoms with Crippen molar-refractivity contribution in [3.05, 3.63) is 131 Å². The Balaban J connectivity index is 1.50. The minimum absolute atomic E-state index is 0.0561. The summed E-state index contributed by atoms with van der Waals surface area (Å²) in [6, 6.07) is 25.6. The van der Waals surface area contributed by atoms with E-state index in [4.69, 9.17) is 9.15 Å². The van der Waals surface area contributed by atoms with Gasteiger partial charge in [0.2, 0.25) is 0 Å². The first-order valence-corrected chi connectivity index (χ1v) is 11.4. The highest BCUT2D eigenvalue weighted by Crippen LogP contribution is 2.16. The summed E-state index contributed by atoms with van der Waals surface area (Å²) in [6.07, 6.45) is 6.11. The molecule has 3 aromatic carbocycles. The van der Waals surface area contributed by atoms with Gasteiger partial charge in [0.1, 0.15) is 17.2 Å². The number of furan rings is 1. The van der Waals surface area contributed by atoms with E-state index in [-0.39, 0.29) is 11.5 Å². The average Bonchev–Trinajstić information content (AvgIpc) is 3.46. The van der Waals surface area contributed by atoms with Crippen LogP contribution in [0.4, 0.5) is 5.69 Å². The lowest BCUT2D eigenvalue weighted by atomic mass is 10.1. The first-order valence-electron chi connectivity index (χ1n) is 11.4. The van der Waals surface area contributed by atoms with Crippen LogP contribution in [0.25, 0.3) is 12.2 Å². The van der Waals surface area contributed by atoms with Crippen LogP contribution in [0.1, 0.15) is 32.0 Å². The van der Waals surface area contributed by atoms with Crippen molar-refractivity contribution in [1.29, 1.82) is 0 Å². The van der Waals surface area contributed by atoms with Crippen LogP contribution in [0, 0.1) is 0 Å². The summed E-state index contributed by atoms with van der Waals surface area (Å²) in [5.41, 5.74) is 2.09. The fourth-order valence-corrected chi connectivity index (χ4v) is 3.37. The molecule has 0 aliphatic carbocycles. The molecule has 0 unspecified atom stereocenters. The summed E-state index contributed by atoms with van der Waals surface area (Å²) in [5, 5.41) is 5.47. The molecule has 4 rings (SSSR count). The van der Waals surface area contributed by atoms with Gasteiger partial charge in [-0.15, -0.1) is 0 Å². The number of allylic oxidation sites excluding steroid dienone is 1. The zero-order chi connectivity index (χ0) is 26.0. The number of amides is 2. The van der Waals surface area contributed by atoms with Crippen molar-refractivity contribution in [1.82, 2.24) is 5.32 Å². The SMILES string of the molecule is COc1ccc(/C=C(\NC(=O)c2ccccc2)C(=O)Nc2ccc(C(=O)/C=C/c3ccco3)cc2)cc1. The second kappa shape index (κ2) is 12.0. The van der Waals surface area contributed by atoms with Gasteiger partial charge in [0, 0.05) is 16.8 Å². The van der Waals surface area contributed by atoms with E-state index in [1.165, 1.54) is 12.3 Å². The van der Waals surface area contributed by atoms with E-state index in [9.17, 15) is 14.4 Å². The van der Waals surface area contributed by atoms with Crippen molar-refractivity contribution in [2.75, 3.05) is 12.4 Å². The summed E-state index contributed by atoms with van der Waals surface area (Å²) in [4.78, 5) is 38.3. The van der Waals surface area contributed by atoms with Crippen LogP contribution in [-0.2, 0) is 4.79 Å². The molecule has 0 aliphatic heterocycles. The van der Waals surface area contributed by atoms with E-state index in [1.54, 1.807) is 110 Å². The normalized spacial score (nSPS) is 11.2. The number of hydrogen-bond acceptors (Lipinski definition) is 5. The molecule has 0 spiro atoms. The summed E-state index contributed by atoms with van der Waals surface area (Å²) in [6.45, 7) is 0. The molecule has 0 fully saturated rings. The predicted octanol–water partition coefficient (Wildman–Crippen LogP) is 5.59. The first-order chi connectivity index (χ1) is 18.0. The number of benzene rings is 3. The van der Waals surface area contributed by atoms with Crippen molar-refractivity contribution in [3.8, 4) is 5.75 Å². The Bertz CT molecular complexity index is 1420. The van der Waals surface area contributed by atoms with E-state index in [1.807, 2.05) is 0 Å². The highest BCUT2D eigenvalue weighted by Gasteiger charge is 2.15. The molecule has 37 heavy (non-hydrogen) atoms. The second-order valence-corrected chi connectivity index (χ2v) is 7.90. The molecule has 0 saturated heterocycles. The molecule has 2 N–H and O–H groups in total. The van der Waals surface area contributed by atoms with Gasteiger partial charge in [0.05, 0.1) is 13.4 Å². The third kappa shape index (κ3) is 6.93. The molecular formula is C30H24N2O5. The molecule has 7 nitrogen and oxygen atoms in total. The number of hydrogen-bond donors (Lipinski definition) is 2. The van der Waals surface area contributed by atoms with Gasteiger partial charge in [-0.3, -0.25) is 14.4 Å². The Morgan fingerprint density at radius 1 is 0.811 bits per heavy atom. The zero-order valence-electron chi connectivity index (χ0n) is 20.0. The molecule has 184 valence electrons. The number of ether oxygens (including phenoxy) is 1. The number of nitrogens with one attached hydrogen (secondary N) is 2. The fourth-order valence-electron chi connectivity index (χ4n) is 3.37. The van der Waals surface area contributed by atoms with Gasteiger partial charge in [0.15, 0.2) is 5.78 Å². The van der Waals surface area contributed by atoms with Crippen molar-refractivity contribution < 1.29 is 23.5 Å². The standard InChI is InChI=1S/C30H24N2O5/c1-36-25-15-9-21(10-16-25)20-27(32-29(34)23-6-3-2-4-7-23)30(35)31-24-13-11-22(12-14-24)28(33)18-17-26-8-5-19-37-26/h2-20H,1H3,(H,31,35)(H,32,34)/b18-17+,27-20-. The van der Waals surface area contributed by atoms with E-state index in [0.717, 1.165) is 0 Å². The van der Waals surface area contributed by atoms with Gasteiger partial charge in [-0.2, -0.15) is 0 Å². The molecule has 0 aliphatic rings. The van der Waals surface area contributed by atoms with Crippen LogP contribution in [0.15, 0.2) is 113 Å². The Hall–Kier alpha value is -5.17. The van der Waals surface area contributed by atoms with E-state index >= 15 is 0 Å². The van der Waals surface area contributed by atoms with E-state index < -0.39 is 11.8 Å². The Kier molecular flexibility index (Phi) is 8.08. The molecule has 0 atom stereocenters. The highest BCUT2D eigenvalue weighted by atomic mass is 16.5. The number of carbonyl (C=O) groups excluding carboxylic acids is 3. The third-order valence-corrected chi connectivity index (χ3v) is 5.33. The van der Waals surface area contributed by atoms with Crippen LogP contribution in [-0.4, -0.2) is 24.7 Å². The quantitative estimate of drug-likeness (QED) is 0.234. The molecular weight excluding hydrogens is 468 g/mol. The molecule has 1 heterocycles. The lowest BCUT2D eigenvalue weighted by Gasteiger charge is -2.12. The minimum Gasteiger partial charge on any atom is -0.497 e. The van der Waals surface area contributed by atoms with E-state index in [0.29, 0.717) is 33.9 Å². The number of rotatable bonds is 9. The second-order valence-electron chi connectivity index (χ2n) is 7.90. The van der Waals surface area contributed by atoms with Crippen molar-refractivity contribution in [2.45, 2.75) is 0 Å². The van der Waals surface area contributed by atoms with Crippen LogP contribution in [0.3, 0.4) is 0 Å². The lowest BCUT2D eigenvalue weighted by Crippen LogP contribution is -2.30. The largest absolute Gasteiger partial charge is 0.497 e. The maximum Gasteiger partial charge on any atom is 0.272 e. The average molecular weight is 493 g/mol. The van der Waals surface area contributed by atoms with Gasteiger partial charge in [-0.05, 0) is 84.5 Å². The molecule has 0 radical (unpaired) electrons. The van der Waals surface area contributed by atoms with Crippen molar-refractivity contribution >= 4 is 35.4 Å². The van der Waals surface area contributed by atoms with Gasteiger partial charge < -0.3 is 19.8 Å². The Morgan fingerprint density at radius 3 is 2.19 bits per heavy atom. The zero-order valence-corrected chi connectivity index (χ0v) is 20.0. The highest BCUT2D eigenvalue weighted by molar-refractivity contribution is 6.11. The number of methoxy groups -OCH3 is 1. The van der Waals surface area contributed by atoms with E-state index in [2.05, 4.69) is 10.6 Å². The van der Waals surface area contributed by atoms with Crippen molar-refractivity contribution in [3.63, 3.8) is 0 Å². The molecule has 4 aromatic rings. The first kappa shape index (κ1) is 24.9. The molecule has 0 bridgehead atoms. The fraction of sp³-hybridized carbons (Fsp3) is 0.0333. The topological polar surface area (TPSA) is 97.6 Å².